The summed E-state index contributed by atoms with van der Waals surface area (Å²) in [7, 11) is 0. The summed E-state index contributed by atoms with van der Waals surface area (Å²) in [5, 5.41) is 10.1. The van der Waals surface area contributed by atoms with Gasteiger partial charge in [0.25, 0.3) is 5.91 Å². The second-order valence-corrected chi connectivity index (χ2v) is 7.42. The summed E-state index contributed by atoms with van der Waals surface area (Å²) in [6.45, 7) is 1.48. The van der Waals surface area contributed by atoms with Crippen LogP contribution in [0.15, 0.2) is 84.9 Å². The minimum absolute atomic E-state index is 0.0698. The Bertz CT molecular complexity index is 1360. The predicted octanol–water partition coefficient (Wildman–Crippen LogP) is 4.91. The third-order valence-electron chi connectivity index (χ3n) is 5.02. The number of nitrogens with zero attached hydrogens (tertiary/aromatic N) is 3. The second kappa shape index (κ2) is 10.3. The number of pyridine rings is 1. The molecule has 1 amide bonds. The Balaban J connectivity index is 1.48. The Labute approximate surface area is 196 Å². The zero-order valence-electron chi connectivity index (χ0n) is 18.5. The molecule has 0 unspecified atom stereocenters. The number of amides is 1. The van der Waals surface area contributed by atoms with Gasteiger partial charge in [-0.3, -0.25) is 14.5 Å². The normalized spacial score (nSPS) is 10.4. The molecule has 0 fully saturated rings. The number of anilines is 1. The van der Waals surface area contributed by atoms with Gasteiger partial charge in [-0.15, -0.1) is 0 Å². The number of hydrogen-bond donors (Lipinski definition) is 0. The number of hydrogen-bond acceptors (Lipinski definition) is 6. The summed E-state index contributed by atoms with van der Waals surface area (Å²) < 4.78 is 11.1. The Morgan fingerprint density at radius 3 is 2.41 bits per heavy atom. The molecule has 168 valence electrons. The van der Waals surface area contributed by atoms with Gasteiger partial charge in [0.05, 0.1) is 11.8 Å². The van der Waals surface area contributed by atoms with Crippen LogP contribution in [0.1, 0.15) is 23.0 Å². The van der Waals surface area contributed by atoms with Crippen LogP contribution in [-0.4, -0.2) is 23.4 Å². The molecule has 34 heavy (non-hydrogen) atoms. The minimum Gasteiger partial charge on any atom is -0.487 e. The number of fused-ring (bicyclic) bond motifs is 1. The van der Waals surface area contributed by atoms with Crippen LogP contribution >= 0.6 is 0 Å². The van der Waals surface area contributed by atoms with Gasteiger partial charge in [0.1, 0.15) is 24.4 Å². The van der Waals surface area contributed by atoms with Gasteiger partial charge in [0.2, 0.25) is 0 Å². The molecule has 1 heterocycles. The van der Waals surface area contributed by atoms with Crippen molar-refractivity contribution in [2.75, 3.05) is 11.4 Å². The molecule has 1 aromatic heterocycles. The van der Waals surface area contributed by atoms with Crippen LogP contribution in [0.4, 0.5) is 5.69 Å². The highest BCUT2D eigenvalue weighted by Crippen LogP contribution is 2.25. The third kappa shape index (κ3) is 5.19. The van der Waals surface area contributed by atoms with Crippen molar-refractivity contribution in [2.24, 2.45) is 0 Å². The molecule has 0 N–H and O–H groups in total. The molecule has 0 aliphatic heterocycles. The SMILES string of the molecule is CC(=O)Oc1cccc2ccc(COc3ccc(N(CC#N)C(=O)c4ccccc4)cc3)nc12. The number of esters is 1. The van der Waals surface area contributed by atoms with Crippen LogP contribution in [0.25, 0.3) is 10.9 Å². The number of para-hydroxylation sites is 1. The molecule has 3 aromatic carbocycles. The molecular formula is C27H21N3O4. The van der Waals surface area contributed by atoms with Crippen LogP contribution in [0.3, 0.4) is 0 Å². The lowest BCUT2D eigenvalue weighted by atomic mass is 10.1. The molecule has 0 aliphatic carbocycles. The smallest absolute Gasteiger partial charge is 0.308 e. The summed E-state index contributed by atoms with van der Waals surface area (Å²) in [5.41, 5.74) is 2.36. The van der Waals surface area contributed by atoms with Crippen LogP contribution in [-0.2, 0) is 11.4 Å². The van der Waals surface area contributed by atoms with Crippen LogP contribution in [0.2, 0.25) is 0 Å². The van der Waals surface area contributed by atoms with E-state index >= 15 is 0 Å². The molecule has 4 rings (SSSR count). The molecule has 0 aliphatic rings. The molecule has 0 saturated heterocycles. The van der Waals surface area contributed by atoms with Gasteiger partial charge in [0.15, 0.2) is 5.75 Å². The van der Waals surface area contributed by atoms with E-state index in [-0.39, 0.29) is 19.1 Å². The fraction of sp³-hybridized carbons (Fsp3) is 0.111. The molecule has 0 spiro atoms. The van der Waals surface area contributed by atoms with Gasteiger partial charge in [-0.1, -0.05) is 36.4 Å². The maximum atomic E-state index is 12.8. The lowest BCUT2D eigenvalue weighted by Gasteiger charge is -2.20. The van der Waals surface area contributed by atoms with Crippen LogP contribution in [0, 0.1) is 11.3 Å². The highest BCUT2D eigenvalue weighted by molar-refractivity contribution is 6.06. The lowest BCUT2D eigenvalue weighted by molar-refractivity contribution is -0.131. The van der Waals surface area contributed by atoms with E-state index in [9.17, 15) is 14.9 Å². The van der Waals surface area contributed by atoms with E-state index in [1.165, 1.54) is 11.8 Å². The average molecular weight is 451 g/mol. The largest absolute Gasteiger partial charge is 0.487 e. The summed E-state index contributed by atoms with van der Waals surface area (Å²) >= 11 is 0. The Morgan fingerprint density at radius 2 is 1.71 bits per heavy atom. The highest BCUT2D eigenvalue weighted by Gasteiger charge is 2.17. The van der Waals surface area contributed by atoms with Crippen molar-refractivity contribution in [3.8, 4) is 17.6 Å². The molecule has 0 atom stereocenters. The maximum absolute atomic E-state index is 12.8. The maximum Gasteiger partial charge on any atom is 0.308 e. The minimum atomic E-state index is -0.410. The topological polar surface area (TPSA) is 92.5 Å². The van der Waals surface area contributed by atoms with Crippen LogP contribution in [0.5, 0.6) is 11.5 Å². The van der Waals surface area contributed by atoms with Gasteiger partial charge in [-0.25, -0.2) is 4.98 Å². The van der Waals surface area contributed by atoms with Crippen molar-refractivity contribution >= 4 is 28.5 Å². The first-order valence-electron chi connectivity index (χ1n) is 10.6. The van der Waals surface area contributed by atoms with Crippen molar-refractivity contribution in [1.82, 2.24) is 4.98 Å². The van der Waals surface area contributed by atoms with Crippen molar-refractivity contribution in [3.05, 3.63) is 96.2 Å². The summed E-state index contributed by atoms with van der Waals surface area (Å²) in [6, 6.07) is 27.0. The Morgan fingerprint density at radius 1 is 0.941 bits per heavy atom. The fourth-order valence-electron chi connectivity index (χ4n) is 3.45. The first kappa shape index (κ1) is 22.5. The van der Waals surface area contributed by atoms with E-state index in [1.807, 2.05) is 30.3 Å². The number of ether oxygens (including phenoxy) is 2. The zero-order chi connectivity index (χ0) is 23.9. The molecular weight excluding hydrogens is 430 g/mol. The Kier molecular flexibility index (Phi) is 6.80. The van der Waals surface area contributed by atoms with Gasteiger partial charge < -0.3 is 9.47 Å². The first-order chi connectivity index (χ1) is 16.5. The van der Waals surface area contributed by atoms with E-state index in [1.54, 1.807) is 60.7 Å². The molecule has 7 nitrogen and oxygen atoms in total. The van der Waals surface area contributed by atoms with E-state index < -0.39 is 5.97 Å². The molecule has 4 aromatic rings. The van der Waals surface area contributed by atoms with Crippen molar-refractivity contribution in [3.63, 3.8) is 0 Å². The summed E-state index contributed by atoms with van der Waals surface area (Å²) in [6.07, 6.45) is 0. The second-order valence-electron chi connectivity index (χ2n) is 7.42. The first-order valence-corrected chi connectivity index (χ1v) is 10.6. The number of carbonyl (C=O) groups is 2. The highest BCUT2D eigenvalue weighted by atomic mass is 16.5. The summed E-state index contributed by atoms with van der Waals surface area (Å²) in [4.78, 5) is 30.2. The van der Waals surface area contributed by atoms with Gasteiger partial charge >= 0.3 is 5.97 Å². The van der Waals surface area contributed by atoms with Crippen molar-refractivity contribution in [1.29, 1.82) is 5.26 Å². The summed E-state index contributed by atoms with van der Waals surface area (Å²) in [5.74, 6) is 0.326. The van der Waals surface area contributed by atoms with Gasteiger partial charge in [-0.05, 0) is 48.5 Å². The zero-order valence-corrected chi connectivity index (χ0v) is 18.5. The monoisotopic (exact) mass is 451 g/mol. The van der Waals surface area contributed by atoms with E-state index in [0.29, 0.717) is 34.0 Å². The van der Waals surface area contributed by atoms with Crippen LogP contribution < -0.4 is 14.4 Å². The van der Waals surface area contributed by atoms with E-state index in [2.05, 4.69) is 4.98 Å². The Hall–Kier alpha value is -4.70. The molecule has 0 radical (unpaired) electrons. The van der Waals surface area contributed by atoms with E-state index in [4.69, 9.17) is 9.47 Å². The predicted molar refractivity (Wildman–Crippen MR) is 128 cm³/mol. The number of nitriles is 1. The quantitative estimate of drug-likeness (QED) is 0.225. The average Bonchev–Trinajstić information content (AvgIpc) is 2.86. The number of rotatable bonds is 7. The van der Waals surface area contributed by atoms with Crippen molar-refractivity contribution < 1.29 is 19.1 Å². The molecule has 7 heteroatoms. The number of aromatic nitrogens is 1. The third-order valence-corrected chi connectivity index (χ3v) is 5.02. The molecule has 0 saturated carbocycles. The van der Waals surface area contributed by atoms with Gasteiger partial charge in [-0.2, -0.15) is 5.26 Å². The standard InChI is InChI=1S/C27H21N3O4/c1-19(31)34-25-9-5-8-20-10-11-22(29-26(20)25)18-33-24-14-12-23(13-15-24)30(17-16-28)27(32)21-6-3-2-4-7-21/h2-15H,17-18H2,1H3. The van der Waals surface area contributed by atoms with Crippen molar-refractivity contribution in [2.45, 2.75) is 13.5 Å². The lowest BCUT2D eigenvalue weighted by Crippen LogP contribution is -2.31. The number of carbonyl (C=O) groups excluding carboxylic acids is 2. The molecule has 0 bridgehead atoms. The van der Waals surface area contributed by atoms with Gasteiger partial charge in [0, 0.05) is 23.6 Å². The number of benzene rings is 3. The van der Waals surface area contributed by atoms with E-state index in [0.717, 1.165) is 5.39 Å². The fourth-order valence-corrected chi connectivity index (χ4v) is 3.45.